The SMILES string of the molecule is CCOC(=O)CC1Cc2cc(Br)ccc2NC1=O. The number of carbonyl (C=O) groups excluding carboxylic acids is 2. The van der Waals surface area contributed by atoms with E-state index in [2.05, 4.69) is 21.2 Å². The van der Waals surface area contributed by atoms with Gasteiger partial charge < -0.3 is 10.1 Å². The molecule has 0 aliphatic carbocycles. The van der Waals surface area contributed by atoms with Crippen molar-refractivity contribution in [2.24, 2.45) is 5.92 Å². The lowest BCUT2D eigenvalue weighted by Gasteiger charge is -2.24. The molecule has 1 aliphatic heterocycles. The van der Waals surface area contributed by atoms with Crippen molar-refractivity contribution in [3.05, 3.63) is 28.2 Å². The maximum atomic E-state index is 11.9. The molecule has 0 aromatic heterocycles. The van der Waals surface area contributed by atoms with Crippen LogP contribution in [0.15, 0.2) is 22.7 Å². The molecule has 1 aromatic rings. The average molecular weight is 312 g/mol. The second-order valence-corrected chi connectivity index (χ2v) is 5.12. The first-order valence-electron chi connectivity index (χ1n) is 5.85. The van der Waals surface area contributed by atoms with E-state index in [4.69, 9.17) is 4.74 Å². The van der Waals surface area contributed by atoms with Crippen LogP contribution in [0, 0.1) is 5.92 Å². The molecule has 1 unspecified atom stereocenters. The molecule has 0 radical (unpaired) electrons. The molecule has 4 nitrogen and oxygen atoms in total. The predicted octanol–water partition coefficient (Wildman–Crippen LogP) is 2.51. The van der Waals surface area contributed by atoms with Gasteiger partial charge in [0.1, 0.15) is 0 Å². The van der Waals surface area contributed by atoms with E-state index in [1.54, 1.807) is 6.92 Å². The Balaban J connectivity index is 2.12. The summed E-state index contributed by atoms with van der Waals surface area (Å²) in [5, 5.41) is 2.82. The number of halogens is 1. The molecule has 1 atom stereocenters. The topological polar surface area (TPSA) is 55.4 Å². The minimum absolute atomic E-state index is 0.113. The van der Waals surface area contributed by atoms with Gasteiger partial charge in [-0.05, 0) is 37.1 Å². The van der Waals surface area contributed by atoms with Gasteiger partial charge in [-0.1, -0.05) is 15.9 Å². The van der Waals surface area contributed by atoms with Crippen molar-refractivity contribution in [2.75, 3.05) is 11.9 Å². The van der Waals surface area contributed by atoms with Gasteiger partial charge in [0, 0.05) is 10.2 Å². The second kappa shape index (κ2) is 5.52. The van der Waals surface area contributed by atoms with Gasteiger partial charge in [0.05, 0.1) is 18.9 Å². The van der Waals surface area contributed by atoms with Crippen LogP contribution in [0.3, 0.4) is 0 Å². The van der Waals surface area contributed by atoms with Crippen molar-refractivity contribution in [2.45, 2.75) is 19.8 Å². The minimum atomic E-state index is -0.342. The zero-order chi connectivity index (χ0) is 13.1. The quantitative estimate of drug-likeness (QED) is 0.873. The van der Waals surface area contributed by atoms with E-state index in [1.165, 1.54) is 0 Å². The normalized spacial score (nSPS) is 17.9. The van der Waals surface area contributed by atoms with Crippen molar-refractivity contribution >= 4 is 33.5 Å². The van der Waals surface area contributed by atoms with Crippen molar-refractivity contribution < 1.29 is 14.3 Å². The van der Waals surface area contributed by atoms with Crippen molar-refractivity contribution in [1.29, 1.82) is 0 Å². The minimum Gasteiger partial charge on any atom is -0.466 e. The van der Waals surface area contributed by atoms with Crippen LogP contribution in [0.2, 0.25) is 0 Å². The van der Waals surface area contributed by atoms with Crippen LogP contribution >= 0.6 is 15.9 Å². The molecule has 1 heterocycles. The third-order valence-corrected chi connectivity index (χ3v) is 3.37. The molecule has 0 saturated carbocycles. The van der Waals surface area contributed by atoms with Crippen LogP contribution < -0.4 is 5.32 Å². The summed E-state index contributed by atoms with van der Waals surface area (Å²) < 4.78 is 5.84. The van der Waals surface area contributed by atoms with Crippen LogP contribution in [0.1, 0.15) is 18.9 Å². The monoisotopic (exact) mass is 311 g/mol. The van der Waals surface area contributed by atoms with E-state index in [9.17, 15) is 9.59 Å². The number of hydrogen-bond acceptors (Lipinski definition) is 3. The Morgan fingerprint density at radius 1 is 1.56 bits per heavy atom. The number of fused-ring (bicyclic) bond motifs is 1. The number of hydrogen-bond donors (Lipinski definition) is 1. The molecular weight excluding hydrogens is 298 g/mol. The third-order valence-electron chi connectivity index (χ3n) is 2.88. The van der Waals surface area contributed by atoms with E-state index < -0.39 is 0 Å². The maximum Gasteiger partial charge on any atom is 0.306 e. The molecule has 5 heteroatoms. The number of rotatable bonds is 3. The van der Waals surface area contributed by atoms with Crippen LogP contribution in [-0.4, -0.2) is 18.5 Å². The highest BCUT2D eigenvalue weighted by atomic mass is 79.9. The summed E-state index contributed by atoms with van der Waals surface area (Å²) in [4.78, 5) is 23.3. The molecule has 96 valence electrons. The van der Waals surface area contributed by atoms with Gasteiger partial charge in [-0.15, -0.1) is 0 Å². The Morgan fingerprint density at radius 2 is 2.33 bits per heavy atom. The van der Waals surface area contributed by atoms with Gasteiger partial charge in [0.15, 0.2) is 0 Å². The van der Waals surface area contributed by atoms with Gasteiger partial charge in [-0.3, -0.25) is 9.59 Å². The van der Waals surface area contributed by atoms with Crippen molar-refractivity contribution in [3.63, 3.8) is 0 Å². The number of benzene rings is 1. The summed E-state index contributed by atoms with van der Waals surface area (Å²) in [6, 6.07) is 5.70. The Hall–Kier alpha value is -1.36. The highest BCUT2D eigenvalue weighted by Gasteiger charge is 2.28. The number of anilines is 1. The number of esters is 1. The lowest BCUT2D eigenvalue weighted by Crippen LogP contribution is -2.32. The number of nitrogens with one attached hydrogen (secondary N) is 1. The Labute approximate surface area is 114 Å². The van der Waals surface area contributed by atoms with Crippen LogP contribution in [0.4, 0.5) is 5.69 Å². The molecular formula is C13H14BrNO3. The molecule has 0 fully saturated rings. The van der Waals surface area contributed by atoms with Crippen LogP contribution in [0.5, 0.6) is 0 Å². The average Bonchev–Trinajstić information content (AvgIpc) is 2.31. The zero-order valence-corrected chi connectivity index (χ0v) is 11.6. The summed E-state index contributed by atoms with van der Waals surface area (Å²) in [6.45, 7) is 2.10. The molecule has 0 saturated heterocycles. The molecule has 1 aromatic carbocycles. The van der Waals surface area contributed by atoms with Gasteiger partial charge in [0.2, 0.25) is 5.91 Å². The Morgan fingerprint density at radius 3 is 3.06 bits per heavy atom. The fraction of sp³-hybridized carbons (Fsp3) is 0.385. The highest BCUT2D eigenvalue weighted by Crippen LogP contribution is 2.29. The summed E-state index contributed by atoms with van der Waals surface area (Å²) in [7, 11) is 0. The van der Waals surface area contributed by atoms with Crippen LogP contribution in [-0.2, 0) is 20.7 Å². The van der Waals surface area contributed by atoms with Crippen LogP contribution in [0.25, 0.3) is 0 Å². The third kappa shape index (κ3) is 2.90. The molecule has 2 rings (SSSR count). The summed E-state index contributed by atoms with van der Waals surface area (Å²) >= 11 is 3.40. The zero-order valence-electron chi connectivity index (χ0n) is 10.0. The van der Waals surface area contributed by atoms with Crippen molar-refractivity contribution in [3.8, 4) is 0 Å². The maximum absolute atomic E-state index is 11.9. The Kier molecular flexibility index (Phi) is 4.01. The van der Waals surface area contributed by atoms with Gasteiger partial charge in [-0.25, -0.2) is 0 Å². The van der Waals surface area contributed by atoms with E-state index in [0.29, 0.717) is 13.0 Å². The molecule has 0 bridgehead atoms. The predicted molar refractivity (Wildman–Crippen MR) is 71.2 cm³/mol. The number of ether oxygens (including phenoxy) is 1. The fourth-order valence-corrected chi connectivity index (χ4v) is 2.44. The molecule has 1 amide bonds. The molecule has 0 spiro atoms. The standard InChI is InChI=1S/C13H14BrNO3/c1-2-18-12(16)7-9-5-8-6-10(14)3-4-11(8)15-13(9)17/h3-4,6,9H,2,5,7H2,1H3,(H,15,17). The summed E-state index contributed by atoms with van der Waals surface area (Å²) in [6.07, 6.45) is 0.699. The molecule has 18 heavy (non-hydrogen) atoms. The molecule has 1 N–H and O–H groups in total. The lowest BCUT2D eigenvalue weighted by molar-refractivity contribution is -0.145. The first-order chi connectivity index (χ1) is 8.60. The highest BCUT2D eigenvalue weighted by molar-refractivity contribution is 9.10. The van der Waals surface area contributed by atoms with Gasteiger partial charge in [-0.2, -0.15) is 0 Å². The van der Waals surface area contributed by atoms with E-state index in [0.717, 1.165) is 15.7 Å². The smallest absolute Gasteiger partial charge is 0.306 e. The number of amides is 1. The second-order valence-electron chi connectivity index (χ2n) is 4.20. The Bertz CT molecular complexity index is 487. The first-order valence-corrected chi connectivity index (χ1v) is 6.64. The lowest BCUT2D eigenvalue weighted by atomic mass is 9.91. The van der Waals surface area contributed by atoms with Gasteiger partial charge in [0.25, 0.3) is 0 Å². The van der Waals surface area contributed by atoms with E-state index in [1.807, 2.05) is 18.2 Å². The van der Waals surface area contributed by atoms with Crippen molar-refractivity contribution in [1.82, 2.24) is 0 Å². The summed E-state index contributed by atoms with van der Waals surface area (Å²) in [5.74, 6) is -0.778. The largest absolute Gasteiger partial charge is 0.466 e. The van der Waals surface area contributed by atoms with Gasteiger partial charge >= 0.3 is 5.97 Å². The van der Waals surface area contributed by atoms with E-state index in [-0.39, 0.29) is 24.2 Å². The van der Waals surface area contributed by atoms with E-state index >= 15 is 0 Å². The first kappa shape index (κ1) is 13.1. The number of carbonyl (C=O) groups is 2. The summed E-state index contributed by atoms with van der Waals surface area (Å²) in [5.41, 5.74) is 1.86. The fourth-order valence-electron chi connectivity index (χ4n) is 2.03. The molecule has 1 aliphatic rings.